The fourth-order valence-corrected chi connectivity index (χ4v) is 1.94. The number of nitrogens with one attached hydrogen (secondary N) is 1. The number of hydrogen-bond acceptors (Lipinski definition) is 4. The summed E-state index contributed by atoms with van der Waals surface area (Å²) in [6.07, 6.45) is 0. The Hall–Kier alpha value is -1.27. The Kier molecular flexibility index (Phi) is 5.20. The van der Waals surface area contributed by atoms with E-state index in [2.05, 4.69) is 21.2 Å². The Morgan fingerprint density at radius 2 is 1.89 bits per heavy atom. The van der Waals surface area contributed by atoms with Crippen molar-refractivity contribution in [3.8, 4) is 11.5 Å². The number of halogens is 1. The number of carboxylic acids is 1. The molecule has 0 fully saturated rings. The fraction of sp³-hybridized carbons (Fsp3) is 0.462. The SMILES string of the molecule is COc1cc(CNC(C)(C)C(=O)O)c(OC)cc1Br. The maximum atomic E-state index is 11.0. The molecule has 0 aliphatic carbocycles. The van der Waals surface area contributed by atoms with Crippen LogP contribution in [-0.4, -0.2) is 30.8 Å². The third-order valence-electron chi connectivity index (χ3n) is 2.81. The Morgan fingerprint density at radius 3 is 2.37 bits per heavy atom. The lowest BCUT2D eigenvalue weighted by atomic mass is 10.1. The van der Waals surface area contributed by atoms with Gasteiger partial charge < -0.3 is 14.6 Å². The quantitative estimate of drug-likeness (QED) is 0.837. The highest BCUT2D eigenvalue weighted by Crippen LogP contribution is 2.32. The summed E-state index contributed by atoms with van der Waals surface area (Å²) in [5, 5.41) is 12.0. The van der Waals surface area contributed by atoms with Crippen LogP contribution in [0.4, 0.5) is 0 Å². The van der Waals surface area contributed by atoms with Gasteiger partial charge in [0.1, 0.15) is 17.0 Å². The molecule has 1 rings (SSSR count). The molecule has 19 heavy (non-hydrogen) atoms. The van der Waals surface area contributed by atoms with Crippen molar-refractivity contribution in [2.24, 2.45) is 0 Å². The normalized spacial score (nSPS) is 11.2. The van der Waals surface area contributed by atoms with Gasteiger partial charge in [0.25, 0.3) is 0 Å². The molecule has 0 aliphatic rings. The van der Waals surface area contributed by atoms with Gasteiger partial charge in [0, 0.05) is 12.1 Å². The van der Waals surface area contributed by atoms with E-state index in [9.17, 15) is 4.79 Å². The fourth-order valence-electron chi connectivity index (χ4n) is 1.45. The van der Waals surface area contributed by atoms with E-state index in [-0.39, 0.29) is 0 Å². The maximum Gasteiger partial charge on any atom is 0.323 e. The molecule has 106 valence electrons. The predicted molar refractivity (Wildman–Crippen MR) is 75.8 cm³/mol. The largest absolute Gasteiger partial charge is 0.496 e. The van der Waals surface area contributed by atoms with Gasteiger partial charge in [0.2, 0.25) is 0 Å². The van der Waals surface area contributed by atoms with Gasteiger partial charge in [-0.1, -0.05) is 0 Å². The second-order valence-electron chi connectivity index (χ2n) is 4.58. The van der Waals surface area contributed by atoms with Gasteiger partial charge in [0.15, 0.2) is 0 Å². The lowest BCUT2D eigenvalue weighted by Crippen LogP contribution is -2.46. The Balaban J connectivity index is 2.97. The van der Waals surface area contributed by atoms with Crippen LogP contribution < -0.4 is 14.8 Å². The van der Waals surface area contributed by atoms with Gasteiger partial charge >= 0.3 is 5.97 Å². The van der Waals surface area contributed by atoms with E-state index in [1.807, 2.05) is 6.07 Å². The summed E-state index contributed by atoms with van der Waals surface area (Å²) in [6.45, 7) is 3.59. The zero-order chi connectivity index (χ0) is 14.6. The summed E-state index contributed by atoms with van der Waals surface area (Å²) < 4.78 is 11.3. The van der Waals surface area contributed by atoms with Crippen LogP contribution in [0.2, 0.25) is 0 Å². The number of hydrogen-bond donors (Lipinski definition) is 2. The van der Waals surface area contributed by atoms with E-state index in [1.54, 1.807) is 34.1 Å². The Bertz CT molecular complexity index is 474. The summed E-state index contributed by atoms with van der Waals surface area (Å²) in [7, 11) is 3.14. The van der Waals surface area contributed by atoms with Crippen LogP contribution in [0, 0.1) is 0 Å². The molecule has 0 bridgehead atoms. The third kappa shape index (κ3) is 3.84. The molecule has 0 amide bonds. The van der Waals surface area contributed by atoms with Crippen LogP contribution >= 0.6 is 15.9 Å². The standard InChI is InChI=1S/C13H18BrNO4/c1-13(2,12(16)17)15-7-8-5-11(19-4)9(14)6-10(8)18-3/h5-6,15H,7H2,1-4H3,(H,16,17). The first-order chi connectivity index (χ1) is 8.81. The van der Waals surface area contributed by atoms with E-state index < -0.39 is 11.5 Å². The highest BCUT2D eigenvalue weighted by molar-refractivity contribution is 9.10. The average molecular weight is 332 g/mol. The van der Waals surface area contributed by atoms with Crippen LogP contribution in [0.25, 0.3) is 0 Å². The van der Waals surface area contributed by atoms with Crippen LogP contribution in [0.5, 0.6) is 11.5 Å². The van der Waals surface area contributed by atoms with Crippen molar-refractivity contribution in [2.75, 3.05) is 14.2 Å². The molecule has 0 aromatic heterocycles. The molecule has 0 spiro atoms. The minimum Gasteiger partial charge on any atom is -0.496 e. The van der Waals surface area contributed by atoms with Gasteiger partial charge in [-0.25, -0.2) is 0 Å². The molecule has 1 aromatic rings. The second-order valence-corrected chi connectivity index (χ2v) is 5.44. The summed E-state index contributed by atoms with van der Waals surface area (Å²) in [5.74, 6) is 0.433. The minimum atomic E-state index is -1.01. The van der Waals surface area contributed by atoms with E-state index in [0.29, 0.717) is 18.0 Å². The summed E-state index contributed by atoms with van der Waals surface area (Å²) in [6, 6.07) is 3.61. The molecule has 0 unspecified atom stereocenters. The lowest BCUT2D eigenvalue weighted by Gasteiger charge is -2.22. The monoisotopic (exact) mass is 331 g/mol. The second kappa shape index (κ2) is 6.25. The topological polar surface area (TPSA) is 67.8 Å². The van der Waals surface area contributed by atoms with Crippen LogP contribution in [-0.2, 0) is 11.3 Å². The molecule has 5 nitrogen and oxygen atoms in total. The Labute approximate surface area is 121 Å². The van der Waals surface area contributed by atoms with E-state index in [4.69, 9.17) is 14.6 Å². The first kappa shape index (κ1) is 15.8. The summed E-state index contributed by atoms with van der Waals surface area (Å²) in [4.78, 5) is 11.0. The first-order valence-corrected chi connectivity index (χ1v) is 6.50. The van der Waals surface area contributed by atoms with Crippen molar-refractivity contribution < 1.29 is 19.4 Å². The van der Waals surface area contributed by atoms with Gasteiger partial charge in [0.05, 0.1) is 18.7 Å². The molecular weight excluding hydrogens is 314 g/mol. The van der Waals surface area contributed by atoms with Gasteiger partial charge in [-0.2, -0.15) is 0 Å². The Morgan fingerprint density at radius 1 is 1.32 bits per heavy atom. The first-order valence-electron chi connectivity index (χ1n) is 5.70. The van der Waals surface area contributed by atoms with Crippen LogP contribution in [0.15, 0.2) is 16.6 Å². The lowest BCUT2D eigenvalue weighted by molar-refractivity contribution is -0.143. The number of rotatable bonds is 6. The smallest absolute Gasteiger partial charge is 0.323 e. The predicted octanol–water partition coefficient (Wildman–Crippen LogP) is 2.42. The van der Waals surface area contributed by atoms with Crippen molar-refractivity contribution >= 4 is 21.9 Å². The number of ether oxygens (including phenoxy) is 2. The number of benzene rings is 1. The van der Waals surface area contributed by atoms with Crippen molar-refractivity contribution in [3.05, 3.63) is 22.2 Å². The molecule has 0 aliphatic heterocycles. The third-order valence-corrected chi connectivity index (χ3v) is 3.43. The number of carboxylic acid groups (broad SMARTS) is 1. The van der Waals surface area contributed by atoms with E-state index in [1.165, 1.54) is 0 Å². The number of carbonyl (C=O) groups is 1. The van der Waals surface area contributed by atoms with Gasteiger partial charge in [-0.05, 0) is 41.9 Å². The van der Waals surface area contributed by atoms with Crippen molar-refractivity contribution in [1.82, 2.24) is 5.32 Å². The molecule has 6 heteroatoms. The molecular formula is C13H18BrNO4. The summed E-state index contributed by atoms with van der Waals surface area (Å²) >= 11 is 3.38. The molecule has 0 heterocycles. The molecule has 0 saturated heterocycles. The molecule has 2 N–H and O–H groups in total. The zero-order valence-electron chi connectivity index (χ0n) is 11.4. The highest BCUT2D eigenvalue weighted by atomic mass is 79.9. The van der Waals surface area contributed by atoms with E-state index in [0.717, 1.165) is 10.0 Å². The van der Waals surface area contributed by atoms with Gasteiger partial charge in [-0.3, -0.25) is 10.1 Å². The highest BCUT2D eigenvalue weighted by Gasteiger charge is 2.26. The summed E-state index contributed by atoms with van der Waals surface area (Å²) in [5.41, 5.74) is -0.178. The van der Waals surface area contributed by atoms with Crippen LogP contribution in [0.3, 0.4) is 0 Å². The number of aliphatic carboxylic acids is 1. The molecule has 0 atom stereocenters. The van der Waals surface area contributed by atoms with Crippen molar-refractivity contribution in [1.29, 1.82) is 0 Å². The van der Waals surface area contributed by atoms with Crippen molar-refractivity contribution in [2.45, 2.75) is 25.9 Å². The van der Waals surface area contributed by atoms with Crippen LogP contribution in [0.1, 0.15) is 19.4 Å². The number of methoxy groups -OCH3 is 2. The van der Waals surface area contributed by atoms with Crippen molar-refractivity contribution in [3.63, 3.8) is 0 Å². The maximum absolute atomic E-state index is 11.0. The van der Waals surface area contributed by atoms with Gasteiger partial charge in [-0.15, -0.1) is 0 Å². The zero-order valence-corrected chi connectivity index (χ0v) is 13.0. The minimum absolute atomic E-state index is 0.367. The molecule has 0 saturated carbocycles. The molecule has 0 radical (unpaired) electrons. The van der Waals surface area contributed by atoms with E-state index >= 15 is 0 Å². The molecule has 1 aromatic carbocycles. The average Bonchev–Trinajstić information content (AvgIpc) is 2.36.